The molecule has 0 spiro atoms. The van der Waals surface area contributed by atoms with E-state index < -0.39 is 0 Å². The third-order valence-corrected chi connectivity index (χ3v) is 4.21. The van der Waals surface area contributed by atoms with E-state index in [0.29, 0.717) is 19.6 Å². The second-order valence-corrected chi connectivity index (χ2v) is 7.45. The van der Waals surface area contributed by atoms with Gasteiger partial charge in [0.15, 0.2) is 0 Å². The standard InChI is InChI=1S/C27H44O3/c1-4-5-6-7-8-9-10-11-12-13-14-15-16-17-18-19-20-21-22-23-27(28)30-25-24-29-26(2)3/h5-6,8-9,11-12,14-15,17-18,26H,4,7,10,13,16,19-25H2,1-3H3/b6-5-,9-8-,12-11-,15-14-,18-17-. The molecule has 30 heavy (non-hydrogen) atoms. The van der Waals surface area contributed by atoms with Crippen molar-refractivity contribution < 1.29 is 14.3 Å². The van der Waals surface area contributed by atoms with Crippen LogP contribution in [0.2, 0.25) is 0 Å². The van der Waals surface area contributed by atoms with Gasteiger partial charge in [0.05, 0.1) is 12.7 Å². The predicted octanol–water partition coefficient (Wildman–Crippen LogP) is 7.66. The van der Waals surface area contributed by atoms with Crippen molar-refractivity contribution in [3.8, 4) is 0 Å². The molecule has 0 aliphatic carbocycles. The molecule has 170 valence electrons. The van der Waals surface area contributed by atoms with E-state index in [-0.39, 0.29) is 12.1 Å². The van der Waals surface area contributed by atoms with E-state index in [0.717, 1.165) is 57.8 Å². The third kappa shape index (κ3) is 24.2. The van der Waals surface area contributed by atoms with Gasteiger partial charge < -0.3 is 9.47 Å². The molecule has 0 unspecified atom stereocenters. The number of unbranched alkanes of at least 4 members (excludes halogenated alkanes) is 3. The lowest BCUT2D eigenvalue weighted by atomic mass is 10.1. The minimum Gasteiger partial charge on any atom is -0.463 e. The summed E-state index contributed by atoms with van der Waals surface area (Å²) < 4.78 is 10.5. The zero-order valence-electron chi connectivity index (χ0n) is 19.6. The summed E-state index contributed by atoms with van der Waals surface area (Å²) in [4.78, 5) is 11.6. The van der Waals surface area contributed by atoms with Crippen LogP contribution in [0.4, 0.5) is 0 Å². The summed E-state index contributed by atoms with van der Waals surface area (Å²) in [6, 6.07) is 0. The van der Waals surface area contributed by atoms with Gasteiger partial charge in [0.1, 0.15) is 6.61 Å². The number of hydrogen-bond donors (Lipinski definition) is 0. The van der Waals surface area contributed by atoms with E-state index in [1.54, 1.807) is 0 Å². The van der Waals surface area contributed by atoms with E-state index in [2.05, 4.69) is 67.7 Å². The maximum atomic E-state index is 11.6. The zero-order valence-corrected chi connectivity index (χ0v) is 19.6. The molecule has 0 saturated carbocycles. The van der Waals surface area contributed by atoms with Gasteiger partial charge in [-0.1, -0.05) is 74.1 Å². The highest BCUT2D eigenvalue weighted by Gasteiger charge is 2.02. The third-order valence-electron chi connectivity index (χ3n) is 4.21. The van der Waals surface area contributed by atoms with Crippen molar-refractivity contribution in [1.29, 1.82) is 0 Å². The number of esters is 1. The summed E-state index contributed by atoms with van der Waals surface area (Å²) in [7, 11) is 0. The van der Waals surface area contributed by atoms with Crippen molar-refractivity contribution in [3.05, 3.63) is 60.8 Å². The van der Waals surface area contributed by atoms with Gasteiger partial charge in [-0.3, -0.25) is 4.79 Å². The van der Waals surface area contributed by atoms with Gasteiger partial charge in [-0.05, 0) is 65.2 Å². The molecule has 0 aliphatic rings. The number of ether oxygens (including phenoxy) is 2. The van der Waals surface area contributed by atoms with Gasteiger partial charge in [-0.2, -0.15) is 0 Å². The van der Waals surface area contributed by atoms with Gasteiger partial charge in [0, 0.05) is 6.42 Å². The van der Waals surface area contributed by atoms with Crippen LogP contribution >= 0.6 is 0 Å². The Morgan fingerprint density at radius 1 is 0.700 bits per heavy atom. The van der Waals surface area contributed by atoms with Crippen LogP contribution in [0, 0.1) is 0 Å². The number of rotatable bonds is 19. The Morgan fingerprint density at radius 3 is 1.77 bits per heavy atom. The molecular weight excluding hydrogens is 372 g/mol. The lowest BCUT2D eigenvalue weighted by molar-refractivity contribution is -0.145. The molecule has 0 atom stereocenters. The molecule has 0 aromatic heterocycles. The van der Waals surface area contributed by atoms with Gasteiger partial charge in [-0.25, -0.2) is 0 Å². The van der Waals surface area contributed by atoms with E-state index in [4.69, 9.17) is 9.47 Å². The molecule has 0 N–H and O–H groups in total. The van der Waals surface area contributed by atoms with E-state index in [1.165, 1.54) is 0 Å². The van der Waals surface area contributed by atoms with Crippen LogP contribution in [-0.4, -0.2) is 25.3 Å². The largest absolute Gasteiger partial charge is 0.463 e. The van der Waals surface area contributed by atoms with Crippen LogP contribution in [-0.2, 0) is 14.3 Å². The Bertz CT molecular complexity index is 524. The van der Waals surface area contributed by atoms with Crippen LogP contribution in [0.25, 0.3) is 0 Å². The lowest BCUT2D eigenvalue weighted by Gasteiger charge is -2.08. The van der Waals surface area contributed by atoms with E-state index in [1.807, 2.05) is 13.8 Å². The molecule has 0 rings (SSSR count). The molecule has 0 saturated heterocycles. The normalized spacial score (nSPS) is 12.7. The van der Waals surface area contributed by atoms with Crippen molar-refractivity contribution in [2.45, 2.75) is 91.1 Å². The fraction of sp³-hybridized carbons (Fsp3) is 0.593. The maximum Gasteiger partial charge on any atom is 0.305 e. The fourth-order valence-electron chi connectivity index (χ4n) is 2.59. The SMILES string of the molecule is CC/C=C\C/C=C\C/C=C\C/C=C\C/C=C\CCCCCC(=O)OCCOC(C)C. The molecule has 0 aromatic carbocycles. The Labute approximate surface area is 185 Å². The summed E-state index contributed by atoms with van der Waals surface area (Å²) in [6.45, 7) is 6.94. The fourth-order valence-corrected chi connectivity index (χ4v) is 2.59. The average Bonchev–Trinajstić information content (AvgIpc) is 2.72. The Hall–Kier alpha value is -1.87. The first kappa shape index (κ1) is 28.1. The van der Waals surface area contributed by atoms with Crippen LogP contribution in [0.3, 0.4) is 0 Å². The molecular formula is C27H44O3. The summed E-state index contributed by atoms with van der Waals surface area (Å²) >= 11 is 0. The summed E-state index contributed by atoms with van der Waals surface area (Å²) in [6.07, 6.45) is 32.1. The Kier molecular flexibility index (Phi) is 22.0. The second kappa shape index (κ2) is 23.4. The van der Waals surface area contributed by atoms with Crippen molar-refractivity contribution in [2.24, 2.45) is 0 Å². The van der Waals surface area contributed by atoms with Crippen molar-refractivity contribution >= 4 is 5.97 Å². The zero-order chi connectivity index (χ0) is 22.1. The number of carbonyl (C=O) groups excluding carboxylic acids is 1. The molecule has 0 aliphatic heterocycles. The first-order valence-corrected chi connectivity index (χ1v) is 11.7. The molecule has 0 amide bonds. The Balaban J connectivity index is 3.45. The topological polar surface area (TPSA) is 35.5 Å². The monoisotopic (exact) mass is 416 g/mol. The van der Waals surface area contributed by atoms with Crippen LogP contribution in [0.1, 0.15) is 85.0 Å². The number of carbonyl (C=O) groups is 1. The first-order valence-electron chi connectivity index (χ1n) is 11.7. The molecule has 0 heterocycles. The van der Waals surface area contributed by atoms with Gasteiger partial charge in [0.25, 0.3) is 0 Å². The molecule has 0 bridgehead atoms. The molecule has 3 nitrogen and oxygen atoms in total. The average molecular weight is 417 g/mol. The Morgan fingerprint density at radius 2 is 1.23 bits per heavy atom. The minimum atomic E-state index is -0.114. The van der Waals surface area contributed by atoms with Gasteiger partial charge in [-0.15, -0.1) is 0 Å². The highest BCUT2D eigenvalue weighted by molar-refractivity contribution is 5.69. The minimum absolute atomic E-state index is 0.114. The van der Waals surface area contributed by atoms with Crippen LogP contribution < -0.4 is 0 Å². The van der Waals surface area contributed by atoms with Crippen molar-refractivity contribution in [1.82, 2.24) is 0 Å². The molecule has 0 aromatic rings. The van der Waals surface area contributed by atoms with Crippen LogP contribution in [0.15, 0.2) is 60.8 Å². The van der Waals surface area contributed by atoms with E-state index in [9.17, 15) is 4.79 Å². The van der Waals surface area contributed by atoms with Gasteiger partial charge >= 0.3 is 5.97 Å². The lowest BCUT2D eigenvalue weighted by Crippen LogP contribution is -2.13. The molecule has 0 radical (unpaired) electrons. The highest BCUT2D eigenvalue weighted by atomic mass is 16.6. The highest BCUT2D eigenvalue weighted by Crippen LogP contribution is 2.05. The smallest absolute Gasteiger partial charge is 0.305 e. The van der Waals surface area contributed by atoms with Crippen molar-refractivity contribution in [2.75, 3.05) is 13.2 Å². The maximum absolute atomic E-state index is 11.6. The van der Waals surface area contributed by atoms with Crippen LogP contribution in [0.5, 0.6) is 0 Å². The predicted molar refractivity (Wildman–Crippen MR) is 130 cm³/mol. The quantitative estimate of drug-likeness (QED) is 0.123. The van der Waals surface area contributed by atoms with Crippen molar-refractivity contribution in [3.63, 3.8) is 0 Å². The summed E-state index contributed by atoms with van der Waals surface area (Å²) in [5.74, 6) is -0.114. The second-order valence-electron chi connectivity index (χ2n) is 7.45. The molecule has 3 heteroatoms. The first-order chi connectivity index (χ1) is 14.7. The number of allylic oxidation sites excluding steroid dienone is 10. The summed E-state index contributed by atoms with van der Waals surface area (Å²) in [5, 5.41) is 0. The summed E-state index contributed by atoms with van der Waals surface area (Å²) in [5.41, 5.74) is 0. The number of hydrogen-bond acceptors (Lipinski definition) is 3. The van der Waals surface area contributed by atoms with Gasteiger partial charge in [0.2, 0.25) is 0 Å². The van der Waals surface area contributed by atoms with E-state index >= 15 is 0 Å². The molecule has 0 fully saturated rings.